The van der Waals surface area contributed by atoms with E-state index in [1.807, 2.05) is 0 Å². The minimum absolute atomic E-state index is 0. The number of ketones is 4. The van der Waals surface area contributed by atoms with E-state index in [-0.39, 0.29) is 67.9 Å². The first-order chi connectivity index (χ1) is 12.5. The van der Waals surface area contributed by atoms with E-state index in [1.165, 1.54) is 55.4 Å². The third-order valence-electron chi connectivity index (χ3n) is 1.63. The molecular formula is C20H28O8Ti. The van der Waals surface area contributed by atoms with Gasteiger partial charge in [-0.2, -0.15) is 0 Å². The van der Waals surface area contributed by atoms with E-state index in [2.05, 4.69) is 0 Å². The molecule has 0 bridgehead atoms. The van der Waals surface area contributed by atoms with Gasteiger partial charge in [0.05, 0.1) is 0 Å². The van der Waals surface area contributed by atoms with Gasteiger partial charge in [0.15, 0.2) is 23.1 Å². The van der Waals surface area contributed by atoms with Gasteiger partial charge in [0, 0.05) is 0 Å². The van der Waals surface area contributed by atoms with Crippen LogP contribution in [-0.4, -0.2) is 23.1 Å². The van der Waals surface area contributed by atoms with E-state index >= 15 is 0 Å². The first-order valence-electron chi connectivity index (χ1n) is 7.94. The van der Waals surface area contributed by atoms with Gasteiger partial charge in [0.2, 0.25) is 0 Å². The van der Waals surface area contributed by atoms with Gasteiger partial charge in [-0.3, -0.25) is 19.2 Å². The first-order valence-corrected chi connectivity index (χ1v) is 7.94. The molecule has 0 spiro atoms. The molecule has 0 aliphatic rings. The predicted octanol–water partition coefficient (Wildman–Crippen LogP) is -0.644. The Morgan fingerprint density at radius 1 is 0.414 bits per heavy atom. The molecule has 0 N–H and O–H groups in total. The molecular weight excluding hydrogens is 416 g/mol. The van der Waals surface area contributed by atoms with Crippen molar-refractivity contribution in [1.29, 1.82) is 0 Å². The minimum atomic E-state index is -0.187. The van der Waals surface area contributed by atoms with Crippen LogP contribution < -0.4 is 20.4 Å². The predicted molar refractivity (Wildman–Crippen MR) is 97.8 cm³/mol. The molecule has 160 valence electrons. The van der Waals surface area contributed by atoms with Gasteiger partial charge >= 0.3 is 21.7 Å². The minimum Gasteiger partial charge on any atom is -0.876 e. The van der Waals surface area contributed by atoms with Gasteiger partial charge in [0.1, 0.15) is 0 Å². The van der Waals surface area contributed by atoms with E-state index in [0.717, 1.165) is 24.3 Å². The van der Waals surface area contributed by atoms with Crippen LogP contribution in [0.2, 0.25) is 0 Å². The van der Waals surface area contributed by atoms with Crippen molar-refractivity contribution in [3.8, 4) is 0 Å². The number of carbonyl (C=O) groups excluding carboxylic acids is 4. The van der Waals surface area contributed by atoms with Crippen molar-refractivity contribution < 1.29 is 61.3 Å². The zero-order valence-electron chi connectivity index (χ0n) is 18.1. The molecule has 0 amide bonds. The average molecular weight is 444 g/mol. The fourth-order valence-electron chi connectivity index (χ4n) is 1.14. The molecule has 0 radical (unpaired) electrons. The first kappa shape index (κ1) is 37.3. The van der Waals surface area contributed by atoms with Crippen LogP contribution >= 0.6 is 0 Å². The van der Waals surface area contributed by atoms with Crippen LogP contribution in [0, 0.1) is 0 Å². The summed E-state index contributed by atoms with van der Waals surface area (Å²) in [5.74, 6) is -1.50. The largest absolute Gasteiger partial charge is 4.00 e. The van der Waals surface area contributed by atoms with Crippen molar-refractivity contribution in [2.24, 2.45) is 0 Å². The third kappa shape index (κ3) is 77.2. The Balaban J connectivity index is -0.0000000873. The quantitative estimate of drug-likeness (QED) is 0.314. The van der Waals surface area contributed by atoms with Gasteiger partial charge in [-0.05, 0) is 52.0 Å². The molecule has 0 unspecified atom stereocenters. The normalized spacial score (nSPS) is 11.0. The summed E-state index contributed by atoms with van der Waals surface area (Å²) in [6.45, 7) is 10.8. The van der Waals surface area contributed by atoms with E-state index in [4.69, 9.17) is 0 Å². The Morgan fingerprint density at radius 2 is 0.517 bits per heavy atom. The Labute approximate surface area is 187 Å². The Hall–Kier alpha value is -2.45. The number of allylic oxidation sites excluding steroid dienone is 8. The molecule has 0 saturated heterocycles. The average Bonchev–Trinajstić information content (AvgIpc) is 2.32. The zero-order chi connectivity index (χ0) is 23.4. The summed E-state index contributed by atoms with van der Waals surface area (Å²) in [6.07, 6.45) is 4.22. The van der Waals surface area contributed by atoms with Crippen LogP contribution in [0.5, 0.6) is 0 Å². The van der Waals surface area contributed by atoms with E-state index in [1.54, 1.807) is 0 Å². The molecule has 0 aromatic carbocycles. The zero-order valence-corrected chi connectivity index (χ0v) is 19.6. The maximum Gasteiger partial charge on any atom is 4.00 e. The van der Waals surface area contributed by atoms with Gasteiger partial charge in [-0.1, -0.05) is 27.7 Å². The van der Waals surface area contributed by atoms with Crippen molar-refractivity contribution in [1.82, 2.24) is 0 Å². The molecule has 0 saturated carbocycles. The van der Waals surface area contributed by atoms with Crippen molar-refractivity contribution >= 4 is 23.1 Å². The van der Waals surface area contributed by atoms with Crippen molar-refractivity contribution in [2.45, 2.75) is 55.4 Å². The SMILES string of the molecule is CC(=O)/C=C(\C)[O-].CC(=O)/C=C(\C)[O-].CC(=O)/C=C(\C)[O-].CC(=O)/C=C(\C)[O-].[Ti+4]. The molecule has 9 heteroatoms. The number of rotatable bonds is 4. The Morgan fingerprint density at radius 3 is 0.517 bits per heavy atom. The maximum atomic E-state index is 9.98. The second-order valence-corrected chi connectivity index (χ2v) is 5.46. The van der Waals surface area contributed by atoms with E-state index < -0.39 is 0 Å². The van der Waals surface area contributed by atoms with Gasteiger partial charge in [-0.15, -0.1) is 23.0 Å². The van der Waals surface area contributed by atoms with Crippen LogP contribution in [0.1, 0.15) is 55.4 Å². The summed E-state index contributed by atoms with van der Waals surface area (Å²) in [5.41, 5.74) is 0. The van der Waals surface area contributed by atoms with E-state index in [9.17, 15) is 39.6 Å². The summed E-state index contributed by atoms with van der Waals surface area (Å²) >= 11 is 0. The topological polar surface area (TPSA) is 161 Å². The fourth-order valence-corrected chi connectivity index (χ4v) is 1.14. The summed E-state index contributed by atoms with van der Waals surface area (Å²) in [4.78, 5) is 39.9. The van der Waals surface area contributed by atoms with Gasteiger partial charge < -0.3 is 20.4 Å². The van der Waals surface area contributed by atoms with Crippen LogP contribution in [-0.2, 0) is 40.9 Å². The molecule has 29 heavy (non-hydrogen) atoms. The molecule has 0 aliphatic carbocycles. The summed E-state index contributed by atoms with van der Waals surface area (Å²) in [6, 6.07) is 0. The molecule has 0 aliphatic heterocycles. The van der Waals surface area contributed by atoms with Crippen LogP contribution in [0.25, 0.3) is 0 Å². The van der Waals surface area contributed by atoms with Crippen molar-refractivity contribution in [3.05, 3.63) is 47.3 Å². The molecule has 0 fully saturated rings. The number of hydrogen-bond donors (Lipinski definition) is 0. The Kier molecular flexibility index (Phi) is 30.4. The van der Waals surface area contributed by atoms with Gasteiger partial charge in [0.25, 0.3) is 0 Å². The van der Waals surface area contributed by atoms with Gasteiger partial charge in [-0.25, -0.2) is 0 Å². The van der Waals surface area contributed by atoms with Crippen LogP contribution in [0.4, 0.5) is 0 Å². The second-order valence-electron chi connectivity index (χ2n) is 5.46. The maximum absolute atomic E-state index is 9.98. The molecule has 0 atom stereocenters. The standard InChI is InChI=1S/4C5H8O2.Ti/c4*1-4(6)3-5(2)7;/h4*3,6H,1-2H3;/q;;;;+4/p-4/b4*4-3+;. The van der Waals surface area contributed by atoms with Crippen molar-refractivity contribution in [2.75, 3.05) is 0 Å². The fraction of sp³-hybridized carbons (Fsp3) is 0.400. The summed E-state index contributed by atoms with van der Waals surface area (Å²) in [7, 11) is 0. The molecule has 0 aromatic heterocycles. The Bertz CT molecular complexity index is 513. The van der Waals surface area contributed by atoms with Crippen LogP contribution in [0.15, 0.2) is 47.3 Å². The van der Waals surface area contributed by atoms with Crippen LogP contribution in [0.3, 0.4) is 0 Å². The van der Waals surface area contributed by atoms with Crippen molar-refractivity contribution in [3.63, 3.8) is 0 Å². The molecule has 0 aromatic rings. The monoisotopic (exact) mass is 444 g/mol. The number of hydrogen-bond acceptors (Lipinski definition) is 8. The summed E-state index contributed by atoms with van der Waals surface area (Å²) < 4.78 is 0. The third-order valence-corrected chi connectivity index (χ3v) is 1.63. The smallest absolute Gasteiger partial charge is 0.876 e. The second kappa shape index (κ2) is 23.6. The van der Waals surface area contributed by atoms with E-state index in [0.29, 0.717) is 0 Å². The number of carbonyl (C=O) groups is 4. The molecule has 0 heterocycles. The summed E-state index contributed by atoms with van der Waals surface area (Å²) in [5, 5.41) is 39.9. The molecule has 8 nitrogen and oxygen atoms in total. The molecule has 0 rings (SSSR count).